The molecule has 0 aliphatic rings. The predicted molar refractivity (Wildman–Crippen MR) is 53.2 cm³/mol. The average Bonchev–Trinajstić information content (AvgIpc) is 2.26. The van der Waals surface area contributed by atoms with E-state index in [1.165, 1.54) is 6.07 Å². The molecule has 0 fully saturated rings. The van der Waals surface area contributed by atoms with Crippen LogP contribution in [-0.2, 0) is 0 Å². The summed E-state index contributed by atoms with van der Waals surface area (Å²) in [5.41, 5.74) is 0. The molecule has 1 aromatic rings. The second-order valence-electron chi connectivity index (χ2n) is 3.07. The van der Waals surface area contributed by atoms with Crippen LogP contribution >= 0.6 is 0 Å². The number of nitrogens with one attached hydrogen (secondary N) is 2. The van der Waals surface area contributed by atoms with E-state index >= 15 is 0 Å². The number of aromatic nitrogens is 1. The average molecular weight is 237 g/mol. The lowest BCUT2D eigenvalue weighted by Crippen LogP contribution is -2.35. The first-order valence-electron chi connectivity index (χ1n) is 4.50. The molecule has 16 heavy (non-hydrogen) atoms. The molecule has 0 bridgehead atoms. The lowest BCUT2D eigenvalue weighted by molar-refractivity contribution is -0.117. The summed E-state index contributed by atoms with van der Waals surface area (Å²) in [4.78, 5) is 3.85. The molecule has 1 rings (SSSR count). The molecular weight excluding hydrogens is 226 g/mol. The summed E-state index contributed by atoms with van der Waals surface area (Å²) in [6, 6.07) is 4.61. The Morgan fingerprint density at radius 2 is 1.94 bits per heavy atom. The topological polar surface area (TPSA) is 37.0 Å². The van der Waals surface area contributed by atoms with Gasteiger partial charge in [-0.3, -0.25) is 0 Å². The predicted octanol–water partition coefficient (Wildman–Crippen LogP) is 2.44. The number of nitrogens with zero attached hydrogens (tertiary/aromatic N) is 1. The Hall–Kier alpha value is -1.53. The minimum absolute atomic E-state index is 0.118. The van der Waals surface area contributed by atoms with Gasteiger partial charge in [0.15, 0.2) is 0 Å². The molecule has 0 saturated carbocycles. The van der Waals surface area contributed by atoms with Crippen molar-refractivity contribution in [2.24, 2.45) is 0 Å². The van der Waals surface area contributed by atoms with Crippen molar-refractivity contribution in [3.63, 3.8) is 0 Å². The van der Waals surface area contributed by atoms with Gasteiger partial charge in [-0.2, -0.15) is 8.78 Å². The number of alkyl halides is 4. The molecule has 90 valence electrons. The number of anilines is 2. The summed E-state index contributed by atoms with van der Waals surface area (Å²) in [6.07, 6.45) is -3.69. The fraction of sp³-hybridized carbons (Fsp3) is 0.444. The summed E-state index contributed by atoms with van der Waals surface area (Å²) in [7, 11) is 1.61. The van der Waals surface area contributed by atoms with Gasteiger partial charge in [-0.25, -0.2) is 13.8 Å². The molecule has 0 spiro atoms. The van der Waals surface area contributed by atoms with E-state index in [1.54, 1.807) is 19.2 Å². The van der Waals surface area contributed by atoms with Crippen molar-refractivity contribution in [1.29, 1.82) is 0 Å². The van der Waals surface area contributed by atoms with Crippen molar-refractivity contribution in [3.8, 4) is 0 Å². The van der Waals surface area contributed by atoms with E-state index in [1.807, 2.05) is 0 Å². The Morgan fingerprint density at radius 1 is 1.31 bits per heavy atom. The number of rotatable bonds is 5. The van der Waals surface area contributed by atoms with E-state index in [0.717, 1.165) is 0 Å². The van der Waals surface area contributed by atoms with Crippen molar-refractivity contribution >= 4 is 11.6 Å². The standard InChI is InChI=1S/C9H11F4N3/c1-14-6-3-2-4-7(16-6)15-5-9(12,13)8(10)11/h2-4,8H,5H2,1H3,(H2,14,15,16). The molecule has 0 radical (unpaired) electrons. The van der Waals surface area contributed by atoms with Gasteiger partial charge >= 0.3 is 12.3 Å². The summed E-state index contributed by atoms with van der Waals surface area (Å²) >= 11 is 0. The van der Waals surface area contributed by atoms with E-state index in [0.29, 0.717) is 5.82 Å². The highest BCUT2D eigenvalue weighted by atomic mass is 19.3. The molecule has 1 aromatic heterocycles. The molecule has 0 saturated heterocycles. The van der Waals surface area contributed by atoms with Crippen molar-refractivity contribution < 1.29 is 17.6 Å². The molecule has 3 nitrogen and oxygen atoms in total. The van der Waals surface area contributed by atoms with Gasteiger partial charge in [-0.15, -0.1) is 0 Å². The molecule has 2 N–H and O–H groups in total. The highest BCUT2D eigenvalue weighted by molar-refractivity contribution is 5.44. The second kappa shape index (κ2) is 5.00. The monoisotopic (exact) mass is 237 g/mol. The lowest BCUT2D eigenvalue weighted by atomic mass is 10.3. The minimum atomic E-state index is -4.06. The first kappa shape index (κ1) is 12.5. The molecule has 1 heterocycles. The second-order valence-corrected chi connectivity index (χ2v) is 3.07. The maximum absolute atomic E-state index is 12.6. The van der Waals surface area contributed by atoms with E-state index in [2.05, 4.69) is 15.6 Å². The van der Waals surface area contributed by atoms with Crippen LogP contribution < -0.4 is 10.6 Å². The molecule has 0 aromatic carbocycles. The third-order valence-electron chi connectivity index (χ3n) is 1.83. The zero-order valence-electron chi connectivity index (χ0n) is 8.48. The third-order valence-corrected chi connectivity index (χ3v) is 1.83. The fourth-order valence-corrected chi connectivity index (χ4v) is 0.958. The van der Waals surface area contributed by atoms with E-state index in [4.69, 9.17) is 0 Å². The van der Waals surface area contributed by atoms with Gasteiger partial charge < -0.3 is 10.6 Å². The molecule has 0 amide bonds. The van der Waals surface area contributed by atoms with E-state index in [9.17, 15) is 17.6 Å². The SMILES string of the molecule is CNc1cccc(NCC(F)(F)C(F)F)n1. The number of pyridine rings is 1. The van der Waals surface area contributed by atoms with Crippen LogP contribution in [0, 0.1) is 0 Å². The van der Waals surface area contributed by atoms with Crippen molar-refractivity contribution in [2.45, 2.75) is 12.3 Å². The molecule has 0 atom stereocenters. The third kappa shape index (κ3) is 3.25. The van der Waals surface area contributed by atoms with Gasteiger partial charge in [0.2, 0.25) is 0 Å². The number of hydrogen-bond donors (Lipinski definition) is 2. The molecular formula is C9H11F4N3. The van der Waals surface area contributed by atoms with Crippen LogP contribution in [0.3, 0.4) is 0 Å². The van der Waals surface area contributed by atoms with Crippen LogP contribution in [-0.4, -0.2) is 30.9 Å². The van der Waals surface area contributed by atoms with Crippen molar-refractivity contribution in [2.75, 3.05) is 24.2 Å². The van der Waals surface area contributed by atoms with E-state index in [-0.39, 0.29) is 5.82 Å². The molecule has 7 heteroatoms. The van der Waals surface area contributed by atoms with Gasteiger partial charge in [0.05, 0.1) is 6.54 Å². The highest BCUT2D eigenvalue weighted by Crippen LogP contribution is 2.23. The quantitative estimate of drug-likeness (QED) is 0.772. The Morgan fingerprint density at radius 3 is 2.50 bits per heavy atom. The smallest absolute Gasteiger partial charge is 0.324 e. The molecule has 0 unspecified atom stereocenters. The minimum Gasteiger partial charge on any atom is -0.373 e. The van der Waals surface area contributed by atoms with Crippen LogP contribution in [0.5, 0.6) is 0 Å². The summed E-state index contributed by atoms with van der Waals surface area (Å²) < 4.78 is 48.8. The zero-order valence-corrected chi connectivity index (χ0v) is 8.48. The largest absolute Gasteiger partial charge is 0.373 e. The van der Waals surface area contributed by atoms with Crippen LogP contribution in [0.4, 0.5) is 29.2 Å². The lowest BCUT2D eigenvalue weighted by Gasteiger charge is -2.16. The number of hydrogen-bond acceptors (Lipinski definition) is 3. The van der Waals surface area contributed by atoms with Crippen molar-refractivity contribution in [3.05, 3.63) is 18.2 Å². The Bertz CT molecular complexity index is 343. The van der Waals surface area contributed by atoms with Gasteiger partial charge in [-0.05, 0) is 12.1 Å². The maximum Gasteiger partial charge on any atom is 0.324 e. The summed E-state index contributed by atoms with van der Waals surface area (Å²) in [6.45, 7) is -1.15. The Balaban J connectivity index is 2.60. The summed E-state index contributed by atoms with van der Waals surface area (Å²) in [5.74, 6) is -3.48. The Kier molecular flexibility index (Phi) is 3.92. The molecule has 0 aliphatic carbocycles. The Labute approximate surface area is 89.9 Å². The van der Waals surface area contributed by atoms with Gasteiger partial charge in [0.25, 0.3) is 0 Å². The first-order valence-corrected chi connectivity index (χ1v) is 4.50. The zero-order chi connectivity index (χ0) is 12.2. The van der Waals surface area contributed by atoms with E-state index < -0.39 is 18.9 Å². The highest BCUT2D eigenvalue weighted by Gasteiger charge is 2.40. The maximum atomic E-state index is 12.6. The van der Waals surface area contributed by atoms with Crippen LogP contribution in [0.15, 0.2) is 18.2 Å². The molecule has 0 aliphatic heterocycles. The number of halogens is 4. The van der Waals surface area contributed by atoms with Crippen LogP contribution in [0.25, 0.3) is 0 Å². The van der Waals surface area contributed by atoms with Crippen molar-refractivity contribution in [1.82, 2.24) is 4.98 Å². The fourth-order valence-electron chi connectivity index (χ4n) is 0.958. The van der Waals surface area contributed by atoms with Crippen LogP contribution in [0.1, 0.15) is 0 Å². The summed E-state index contributed by atoms with van der Waals surface area (Å²) in [5, 5.41) is 4.86. The first-order chi connectivity index (χ1) is 7.45. The van der Waals surface area contributed by atoms with Gasteiger partial charge in [0, 0.05) is 7.05 Å². The van der Waals surface area contributed by atoms with Gasteiger partial charge in [0.1, 0.15) is 11.6 Å². The van der Waals surface area contributed by atoms with Crippen LogP contribution in [0.2, 0.25) is 0 Å². The normalized spacial score (nSPS) is 11.6. The van der Waals surface area contributed by atoms with Gasteiger partial charge in [-0.1, -0.05) is 6.07 Å².